The average Bonchev–Trinajstić information content (AvgIpc) is 2.75. The van der Waals surface area contributed by atoms with Gasteiger partial charge in [0.1, 0.15) is 42.0 Å². The SMILES string of the molecule is [CH2]C(Br)(Br)C(Br)(Br)C(Br)(Br)C(Br)(Br)C(Br)(Br)C(Br)(Br)C(Br)(Br)C(Br)(Br)C(Br)(Br)C(Br)(Br)C(Br)(Br)C(Br)(Br)C(Br)(Br)C(Br)(Br)Br. The van der Waals surface area contributed by atoms with Crippen molar-refractivity contribution in [3.05, 3.63) is 6.92 Å². The van der Waals surface area contributed by atoms with Crippen molar-refractivity contribution >= 4 is 462 Å². The number of halogens is 29. The smallest absolute Gasteiger partial charge is 0.0701 e. The highest BCUT2D eigenvalue weighted by molar-refractivity contribution is 9.42. The highest BCUT2D eigenvalue weighted by Crippen LogP contribution is 2.82. The summed E-state index contributed by atoms with van der Waals surface area (Å²) in [6.07, 6.45) is 0. The van der Waals surface area contributed by atoms with Crippen molar-refractivity contribution < 1.29 is 0 Å². The topological polar surface area (TPSA) is 0 Å². The first kappa shape index (κ1) is 57.9. The van der Waals surface area contributed by atoms with E-state index in [1.807, 2.05) is 0 Å². The molecule has 0 aromatic rings. The van der Waals surface area contributed by atoms with E-state index in [1.54, 1.807) is 0 Å². The van der Waals surface area contributed by atoms with Gasteiger partial charge in [0.05, 0.1) is 0 Å². The summed E-state index contributed by atoms with van der Waals surface area (Å²) in [5.41, 5.74) is 0. The fourth-order valence-electron chi connectivity index (χ4n) is 2.38. The van der Waals surface area contributed by atoms with Crippen LogP contribution in [0.4, 0.5) is 0 Å². The summed E-state index contributed by atoms with van der Waals surface area (Å²) >= 11 is 112. The Morgan fingerprint density at radius 3 is 0.409 bits per heavy atom. The zero-order valence-electron chi connectivity index (χ0n) is 18.7. The second kappa shape index (κ2) is 18.6. The minimum atomic E-state index is -1.25. The van der Waals surface area contributed by atoms with Crippen LogP contribution >= 0.6 is 462 Å². The monoisotopic (exact) mass is 2470 g/mol. The Morgan fingerprint density at radius 1 is 0.182 bits per heavy atom. The van der Waals surface area contributed by atoms with Gasteiger partial charge in [0.15, 0.2) is 2.14 Å². The molecule has 0 nitrogen and oxygen atoms in total. The van der Waals surface area contributed by atoms with Crippen molar-refractivity contribution in [2.75, 3.05) is 0 Å². The minimum absolute atomic E-state index is 0.874. The van der Waals surface area contributed by atoms with Gasteiger partial charge >= 0.3 is 0 Å². The van der Waals surface area contributed by atoms with E-state index in [0.717, 1.165) is 0 Å². The van der Waals surface area contributed by atoms with Crippen molar-refractivity contribution in [1.82, 2.24) is 0 Å². The Balaban J connectivity index is 7.52. The number of hydrogen-bond donors (Lipinski definition) is 0. The van der Waals surface area contributed by atoms with E-state index in [4.69, 9.17) is 0 Å². The van der Waals surface area contributed by atoms with Crippen LogP contribution in [0.5, 0.6) is 0 Å². The van der Waals surface area contributed by atoms with Crippen LogP contribution in [-0.2, 0) is 0 Å². The lowest BCUT2D eigenvalue weighted by atomic mass is 10.0. The van der Waals surface area contributed by atoms with Gasteiger partial charge in [-0.3, -0.25) is 0 Å². The molecule has 0 saturated carbocycles. The van der Waals surface area contributed by atoms with Gasteiger partial charge in [0.2, 0.25) is 0 Å². The van der Waals surface area contributed by atoms with Gasteiger partial charge in [-0.25, -0.2) is 0 Å². The second-order valence-electron chi connectivity index (χ2n) is 8.09. The summed E-state index contributed by atoms with van der Waals surface area (Å²) in [4.78, 5) is 0. The first-order valence-electron chi connectivity index (χ1n) is 9.08. The molecule has 0 aliphatic carbocycles. The minimum Gasteiger partial charge on any atom is -0.0701 e. The van der Waals surface area contributed by atoms with E-state index in [-0.39, 0.29) is 0 Å². The Hall–Kier alpha value is 13.9. The fourth-order valence-corrected chi connectivity index (χ4v) is 30.3. The van der Waals surface area contributed by atoms with Gasteiger partial charge in [-0.05, 0) is 6.92 Å². The Labute approximate surface area is 500 Å². The lowest BCUT2D eigenvalue weighted by Crippen LogP contribution is -2.72. The molecule has 0 atom stereocenters. The molecule has 0 aromatic heterocycles. The molecule has 0 fully saturated rings. The van der Waals surface area contributed by atoms with Gasteiger partial charge < -0.3 is 0 Å². The van der Waals surface area contributed by atoms with E-state index in [1.165, 1.54) is 0 Å². The van der Waals surface area contributed by atoms with Gasteiger partial charge in [-0.2, -0.15) is 0 Å². The quantitative estimate of drug-likeness (QED) is 0.171. The molecule has 29 heteroatoms. The molecule has 0 amide bonds. The van der Waals surface area contributed by atoms with Crippen molar-refractivity contribution in [3.8, 4) is 0 Å². The molecule has 0 rings (SSSR count). The van der Waals surface area contributed by atoms with Crippen molar-refractivity contribution in [3.63, 3.8) is 0 Å². The highest BCUT2D eigenvalue weighted by atomic mass is 80.0. The van der Waals surface area contributed by atoms with Crippen LogP contribution in [0, 0.1) is 6.92 Å². The molecular weight excluding hydrogens is 2500 g/mol. The summed E-state index contributed by atoms with van der Waals surface area (Å²) < 4.78 is -15.7. The van der Waals surface area contributed by atoms with Gasteiger partial charge in [-0.15, -0.1) is 0 Å². The zero-order valence-corrected chi connectivity index (χ0v) is 64.7. The summed E-state index contributed by atoms with van der Waals surface area (Å²) in [5, 5.41) is 0. The summed E-state index contributed by atoms with van der Waals surface area (Å²) in [6.45, 7) is 4.18. The van der Waals surface area contributed by atoms with Crippen molar-refractivity contribution in [2.24, 2.45) is 0 Å². The maximum absolute atomic E-state index is 4.18. The molecule has 0 N–H and O–H groups in total. The number of alkyl halides is 29. The van der Waals surface area contributed by atoms with Crippen LogP contribution in [0.15, 0.2) is 0 Å². The van der Waals surface area contributed by atoms with Gasteiger partial charge in [0.25, 0.3) is 0 Å². The van der Waals surface area contributed by atoms with E-state index >= 15 is 0 Å². The highest BCUT2D eigenvalue weighted by Gasteiger charge is 2.82. The third-order valence-corrected chi connectivity index (χ3v) is 65.6. The van der Waals surface area contributed by atoms with Crippen LogP contribution < -0.4 is 0 Å². The summed E-state index contributed by atoms with van der Waals surface area (Å²) in [5.74, 6) is 0. The fraction of sp³-hybridized carbons (Fsp3) is 0.933. The lowest BCUT2D eigenvalue weighted by molar-refractivity contribution is 0.534. The maximum atomic E-state index is 4.18. The number of rotatable bonds is 12. The third kappa shape index (κ3) is 9.84. The van der Waals surface area contributed by atoms with E-state index in [2.05, 4.69) is 469 Å². The zero-order chi connectivity index (χ0) is 37.0. The second-order valence-corrected chi connectivity index (χ2v) is 59.9. The molecule has 0 spiro atoms. The molecule has 0 aromatic carbocycles. The predicted octanol–water partition coefficient (Wildman–Crippen LogP) is 22.0. The van der Waals surface area contributed by atoms with Crippen LogP contribution in [-0.4, -0.2) is 44.2 Å². The Bertz CT molecular complexity index is 964. The third-order valence-electron chi connectivity index (χ3n) is 5.15. The average molecular weight is 2500 g/mol. The van der Waals surface area contributed by atoms with Crippen LogP contribution in [0.1, 0.15) is 0 Å². The normalized spacial score (nSPS) is 17.3. The molecule has 0 aliphatic heterocycles. The first-order chi connectivity index (χ1) is 18.2. The molecule has 44 heavy (non-hydrogen) atoms. The lowest BCUT2D eigenvalue weighted by Gasteiger charge is -2.61. The molecule has 0 saturated heterocycles. The maximum Gasteiger partial charge on any atom is 0.162 e. The van der Waals surface area contributed by atoms with Gasteiger partial charge in [-0.1, -0.05) is 462 Å². The van der Waals surface area contributed by atoms with E-state index in [9.17, 15) is 0 Å². The number of hydrogen-bond acceptors (Lipinski definition) is 0. The van der Waals surface area contributed by atoms with Gasteiger partial charge in [0, 0.05) is 0 Å². The molecule has 265 valence electrons. The molecule has 0 aliphatic rings. The molecule has 0 unspecified atom stereocenters. The summed E-state index contributed by atoms with van der Waals surface area (Å²) in [7, 11) is 0. The first-order valence-corrected chi connectivity index (χ1v) is 32.1. The Kier molecular flexibility index (Phi) is 24.4. The van der Waals surface area contributed by atoms with Crippen LogP contribution in [0.2, 0.25) is 0 Å². The molecule has 0 heterocycles. The standard InChI is InChI=1S/C15H2Br29/c1-2(16,17)3(18,19)4(20,21)5(22,23)6(24,25)7(26,27)8(28,29)9(30,31)10(32,33)11(34,35)12(36,37)13(38,39)14(40,41)15(42,43)44/h1H2. The summed E-state index contributed by atoms with van der Waals surface area (Å²) in [6, 6.07) is 0. The van der Waals surface area contributed by atoms with Crippen LogP contribution in [0.25, 0.3) is 0 Å². The van der Waals surface area contributed by atoms with E-state index < -0.39 is 44.2 Å². The molecule has 0 bridgehead atoms. The Morgan fingerprint density at radius 2 is 0.295 bits per heavy atom. The van der Waals surface area contributed by atoms with E-state index in [0.29, 0.717) is 0 Å². The van der Waals surface area contributed by atoms with Crippen LogP contribution in [0.3, 0.4) is 0 Å². The van der Waals surface area contributed by atoms with Crippen molar-refractivity contribution in [2.45, 2.75) is 44.2 Å². The molecule has 1 radical (unpaired) electrons. The van der Waals surface area contributed by atoms with Crippen molar-refractivity contribution in [1.29, 1.82) is 0 Å². The predicted molar refractivity (Wildman–Crippen MR) is 302 cm³/mol. The molecular formula is C15H2Br29. The largest absolute Gasteiger partial charge is 0.162 e.